The fourth-order valence-corrected chi connectivity index (χ4v) is 3.14. The summed E-state index contributed by atoms with van der Waals surface area (Å²) in [6.45, 7) is 21.7. The zero-order valence-corrected chi connectivity index (χ0v) is 23.5. The molecular formula is C31H44F6N2O4. The van der Waals surface area contributed by atoms with Crippen molar-refractivity contribution >= 4 is 11.4 Å². The molecule has 2 rings (SSSR count). The van der Waals surface area contributed by atoms with Crippen LogP contribution < -0.4 is 4.74 Å². The fraction of sp³-hybridized carbons (Fsp3) is 0.548. The van der Waals surface area contributed by atoms with E-state index in [9.17, 15) is 26.3 Å². The summed E-state index contributed by atoms with van der Waals surface area (Å²) in [6, 6.07) is 6.95. The second kappa shape index (κ2) is 20.6. The molecule has 43 heavy (non-hydrogen) atoms. The number of aryl methyl sites for hydroxylation is 1. The zero-order valence-electron chi connectivity index (χ0n) is 23.5. The molecule has 0 spiro atoms. The minimum atomic E-state index is -4.58. The summed E-state index contributed by atoms with van der Waals surface area (Å²) >= 11 is 0. The van der Waals surface area contributed by atoms with Crippen LogP contribution in [0.4, 0.5) is 37.7 Å². The Labute approximate surface area is 251 Å². The van der Waals surface area contributed by atoms with Crippen LogP contribution in [0.2, 0.25) is 0 Å². The first kappa shape index (κ1) is 44.1. The van der Waals surface area contributed by atoms with Crippen molar-refractivity contribution in [2.24, 2.45) is 0 Å². The number of aliphatic hydroxyl groups is 3. The smallest absolute Gasteiger partial charge is 0.407 e. The van der Waals surface area contributed by atoms with Crippen molar-refractivity contribution in [3.8, 4) is 5.75 Å². The Morgan fingerprint density at radius 1 is 0.674 bits per heavy atom. The summed E-state index contributed by atoms with van der Waals surface area (Å²) in [5.41, 5.74) is -2.14. The molecular weight excluding hydrogens is 578 g/mol. The van der Waals surface area contributed by atoms with E-state index >= 15 is 0 Å². The molecule has 12 heteroatoms. The first-order valence-electron chi connectivity index (χ1n) is 12.7. The molecule has 0 radical (unpaired) electrons. The van der Waals surface area contributed by atoms with Gasteiger partial charge in [-0.05, 0) is 72.4 Å². The highest BCUT2D eigenvalue weighted by Gasteiger charge is 2.34. The number of hydrogen-bond acceptors (Lipinski definition) is 4. The van der Waals surface area contributed by atoms with Gasteiger partial charge in [-0.1, -0.05) is 44.7 Å². The van der Waals surface area contributed by atoms with Crippen molar-refractivity contribution in [2.75, 3.05) is 0 Å². The van der Waals surface area contributed by atoms with Crippen LogP contribution in [-0.4, -0.2) is 39.7 Å². The van der Waals surface area contributed by atoms with Crippen molar-refractivity contribution < 1.29 is 46.4 Å². The Balaban J connectivity index is -0.000000601. The molecule has 2 aromatic carbocycles. The molecule has 0 fully saturated rings. The highest BCUT2D eigenvalue weighted by atomic mass is 19.4. The SMILES string of the molecule is C.C.CC(O)CCC(C)O.[C-]#[N+]c1ccc(C)cc1C(F)(F)F.[C-]#[N+]c1ccc(OC(C)CCC(C)O)cc1C(F)(F)F. The van der Waals surface area contributed by atoms with E-state index in [0.29, 0.717) is 31.2 Å². The second-order valence-corrected chi connectivity index (χ2v) is 9.55. The molecule has 244 valence electrons. The Morgan fingerprint density at radius 3 is 1.42 bits per heavy atom. The van der Waals surface area contributed by atoms with E-state index in [0.717, 1.165) is 18.2 Å². The van der Waals surface area contributed by atoms with Gasteiger partial charge in [0.2, 0.25) is 0 Å². The topological polar surface area (TPSA) is 78.6 Å². The molecule has 0 saturated carbocycles. The molecule has 0 heterocycles. The number of halogens is 6. The summed E-state index contributed by atoms with van der Waals surface area (Å²) in [5, 5.41) is 26.5. The lowest BCUT2D eigenvalue weighted by molar-refractivity contribution is -0.137. The molecule has 0 aliphatic heterocycles. The monoisotopic (exact) mass is 622 g/mol. The first-order chi connectivity index (χ1) is 18.8. The number of hydrogen-bond donors (Lipinski definition) is 3. The molecule has 2 aromatic rings. The predicted molar refractivity (Wildman–Crippen MR) is 157 cm³/mol. The van der Waals surface area contributed by atoms with Gasteiger partial charge < -0.3 is 20.1 Å². The van der Waals surface area contributed by atoms with Crippen LogP contribution >= 0.6 is 0 Å². The minimum absolute atomic E-state index is 0. The minimum Gasteiger partial charge on any atom is -0.491 e. The molecule has 0 aliphatic carbocycles. The van der Waals surface area contributed by atoms with Crippen LogP contribution in [0.5, 0.6) is 5.75 Å². The second-order valence-electron chi connectivity index (χ2n) is 9.55. The Hall–Kier alpha value is -3.32. The van der Waals surface area contributed by atoms with E-state index < -0.39 is 35.3 Å². The third-order valence-corrected chi connectivity index (χ3v) is 5.30. The highest BCUT2D eigenvalue weighted by molar-refractivity contribution is 5.56. The van der Waals surface area contributed by atoms with E-state index in [1.165, 1.54) is 18.2 Å². The van der Waals surface area contributed by atoms with E-state index in [1.54, 1.807) is 34.6 Å². The average molecular weight is 623 g/mol. The van der Waals surface area contributed by atoms with E-state index in [4.69, 9.17) is 33.2 Å². The molecule has 0 aliphatic rings. The molecule has 0 aromatic heterocycles. The van der Waals surface area contributed by atoms with E-state index in [-0.39, 0.29) is 44.6 Å². The maximum absolute atomic E-state index is 12.8. The van der Waals surface area contributed by atoms with Gasteiger partial charge in [0, 0.05) is 0 Å². The summed E-state index contributed by atoms with van der Waals surface area (Å²) in [5.74, 6) is 0.0721. The number of aliphatic hydroxyl groups excluding tert-OH is 3. The third kappa shape index (κ3) is 18.8. The molecule has 3 N–H and O–H groups in total. The lowest BCUT2D eigenvalue weighted by Crippen LogP contribution is -2.15. The number of rotatable bonds is 8. The van der Waals surface area contributed by atoms with Gasteiger partial charge in [-0.2, -0.15) is 26.3 Å². The van der Waals surface area contributed by atoms with Gasteiger partial charge in [0.25, 0.3) is 0 Å². The summed E-state index contributed by atoms with van der Waals surface area (Å²) in [6.07, 6.45) is -7.93. The first-order valence-corrected chi connectivity index (χ1v) is 12.7. The Morgan fingerprint density at radius 2 is 1.05 bits per heavy atom. The molecule has 4 atom stereocenters. The van der Waals surface area contributed by atoms with Crippen LogP contribution in [0, 0.1) is 20.1 Å². The van der Waals surface area contributed by atoms with Crippen LogP contribution in [0.1, 0.15) is 84.9 Å². The molecule has 4 unspecified atom stereocenters. The van der Waals surface area contributed by atoms with Crippen LogP contribution in [-0.2, 0) is 12.4 Å². The van der Waals surface area contributed by atoms with Gasteiger partial charge in [-0.15, -0.1) is 0 Å². The van der Waals surface area contributed by atoms with Crippen molar-refractivity contribution in [3.05, 3.63) is 75.9 Å². The van der Waals surface area contributed by atoms with Gasteiger partial charge in [-0.3, -0.25) is 0 Å². The van der Waals surface area contributed by atoms with Crippen LogP contribution in [0.15, 0.2) is 36.4 Å². The number of ether oxygens (including phenoxy) is 1. The molecule has 0 amide bonds. The van der Waals surface area contributed by atoms with Crippen molar-refractivity contribution in [3.63, 3.8) is 0 Å². The van der Waals surface area contributed by atoms with Gasteiger partial charge >= 0.3 is 12.4 Å². The van der Waals surface area contributed by atoms with Crippen molar-refractivity contribution in [2.45, 2.75) is 112 Å². The number of benzene rings is 2. The largest absolute Gasteiger partial charge is 0.491 e. The molecule has 0 saturated heterocycles. The average Bonchev–Trinajstić information content (AvgIpc) is 2.86. The molecule has 0 bridgehead atoms. The maximum Gasteiger partial charge on any atom is 0.407 e. The summed E-state index contributed by atoms with van der Waals surface area (Å²) in [4.78, 5) is 5.67. The highest BCUT2D eigenvalue weighted by Crippen LogP contribution is 2.39. The van der Waals surface area contributed by atoms with Gasteiger partial charge in [0.1, 0.15) is 5.75 Å². The standard InChI is InChI=1S/C14H16F3NO2.C9H6F3N.C6H14O2.2CH4/c1-9(19)4-5-10(2)20-11-6-7-13(18-3)12(8-11)14(15,16)17;1-6-3-4-8(13-2)7(5-6)9(10,11)12;1-5(7)3-4-6(2)8;;/h6-10,19H,4-5H2,1-2H3;3-5H,1H3;5-8H,3-4H2,1-2H3;2*1H4. The van der Waals surface area contributed by atoms with Gasteiger partial charge in [-0.25, -0.2) is 9.69 Å². The number of nitrogens with zero attached hydrogens (tertiary/aromatic N) is 2. The quantitative estimate of drug-likeness (QED) is 0.202. The van der Waals surface area contributed by atoms with E-state index in [2.05, 4.69) is 9.69 Å². The predicted octanol–water partition coefficient (Wildman–Crippen LogP) is 9.55. The van der Waals surface area contributed by atoms with Crippen LogP contribution in [0.25, 0.3) is 9.69 Å². The third-order valence-electron chi connectivity index (χ3n) is 5.30. The molecule has 6 nitrogen and oxygen atoms in total. The van der Waals surface area contributed by atoms with Crippen LogP contribution in [0.3, 0.4) is 0 Å². The van der Waals surface area contributed by atoms with E-state index in [1.807, 2.05) is 0 Å². The fourth-order valence-electron chi connectivity index (χ4n) is 3.14. The zero-order chi connectivity index (χ0) is 32.0. The normalized spacial score (nSPS) is 13.4. The van der Waals surface area contributed by atoms with Gasteiger partial charge in [0.15, 0.2) is 11.4 Å². The lowest BCUT2D eigenvalue weighted by Gasteiger charge is -2.17. The van der Waals surface area contributed by atoms with Crippen molar-refractivity contribution in [1.82, 2.24) is 0 Å². The van der Waals surface area contributed by atoms with Crippen molar-refractivity contribution in [1.29, 1.82) is 0 Å². The Bertz CT molecular complexity index is 1140. The van der Waals surface area contributed by atoms with Gasteiger partial charge in [0.05, 0.1) is 48.7 Å². The maximum atomic E-state index is 12.8. The number of alkyl halides is 6. The summed E-state index contributed by atoms with van der Waals surface area (Å²) in [7, 11) is 0. The Kier molecular flexibility index (Phi) is 21.1. The summed E-state index contributed by atoms with van der Waals surface area (Å²) < 4.78 is 80.5. The lowest BCUT2D eigenvalue weighted by atomic mass is 10.1.